The van der Waals surface area contributed by atoms with Crippen LogP contribution >= 0.6 is 0 Å². The molecule has 1 amide bonds. The number of nitrogens with two attached hydrogens (primary N) is 1. The highest BCUT2D eigenvalue weighted by Gasteiger charge is 2.17. The molecular weight excluding hydrogens is 418 g/mol. The molecule has 0 unspecified atom stereocenters. The van der Waals surface area contributed by atoms with Gasteiger partial charge in [0.15, 0.2) is 0 Å². The summed E-state index contributed by atoms with van der Waals surface area (Å²) in [6.45, 7) is 6.32. The first-order valence-electron chi connectivity index (χ1n) is 11.2. The van der Waals surface area contributed by atoms with Gasteiger partial charge >= 0.3 is 5.97 Å². The van der Waals surface area contributed by atoms with Gasteiger partial charge in [0.05, 0.1) is 5.71 Å². The molecular formula is C25H35N5O3. The second-order valence-corrected chi connectivity index (χ2v) is 7.55. The van der Waals surface area contributed by atoms with Gasteiger partial charge in [-0.1, -0.05) is 87.4 Å². The second-order valence-electron chi connectivity index (χ2n) is 7.55. The third-order valence-corrected chi connectivity index (χ3v) is 4.66. The topological polar surface area (TPSA) is 132 Å². The lowest BCUT2D eigenvalue weighted by Gasteiger charge is -2.21. The molecule has 33 heavy (non-hydrogen) atoms. The van der Waals surface area contributed by atoms with Crippen molar-refractivity contribution in [3.8, 4) is 11.1 Å². The number of unbranched alkanes of at least 4 members (excludes halogenated alkanes) is 1. The summed E-state index contributed by atoms with van der Waals surface area (Å²) in [6.07, 6.45) is 3.21. The Hall–Kier alpha value is -3.39. The molecule has 0 saturated carbocycles. The second kappa shape index (κ2) is 15.4. The van der Waals surface area contributed by atoms with Crippen LogP contribution < -0.4 is 5.73 Å². The van der Waals surface area contributed by atoms with Gasteiger partial charge in [-0.15, -0.1) is 5.10 Å². The first kappa shape index (κ1) is 27.6. The van der Waals surface area contributed by atoms with Crippen molar-refractivity contribution in [2.75, 3.05) is 13.1 Å². The summed E-state index contributed by atoms with van der Waals surface area (Å²) in [4.78, 5) is 24.9. The van der Waals surface area contributed by atoms with Crippen molar-refractivity contribution in [3.05, 3.63) is 59.7 Å². The van der Waals surface area contributed by atoms with E-state index in [4.69, 9.17) is 16.4 Å². The first-order chi connectivity index (χ1) is 15.9. The van der Waals surface area contributed by atoms with E-state index < -0.39 is 5.97 Å². The molecule has 2 rings (SSSR count). The van der Waals surface area contributed by atoms with Crippen LogP contribution in [0.5, 0.6) is 0 Å². The molecule has 0 aliphatic rings. The molecule has 0 saturated heterocycles. The van der Waals surface area contributed by atoms with Crippen LogP contribution in [0.25, 0.3) is 11.1 Å². The minimum Gasteiger partial charge on any atom is -0.480 e. The van der Waals surface area contributed by atoms with Gasteiger partial charge in [0.1, 0.15) is 6.54 Å². The van der Waals surface area contributed by atoms with Gasteiger partial charge in [-0.05, 0) is 23.1 Å². The molecule has 0 aliphatic heterocycles. The van der Waals surface area contributed by atoms with Gasteiger partial charge in [0.25, 0.3) is 0 Å². The molecule has 0 bridgehead atoms. The number of amides is 1. The minimum absolute atomic E-state index is 0.154. The largest absolute Gasteiger partial charge is 0.480 e. The van der Waals surface area contributed by atoms with Gasteiger partial charge in [-0.3, -0.25) is 9.59 Å². The summed E-state index contributed by atoms with van der Waals surface area (Å²) in [5.41, 5.74) is 16.7. The number of nitrogens with one attached hydrogen (secondary N) is 1. The lowest BCUT2D eigenvalue weighted by atomic mass is 9.96. The number of aliphatic carboxylic acids is 1. The number of benzene rings is 2. The van der Waals surface area contributed by atoms with Crippen molar-refractivity contribution in [1.29, 1.82) is 5.53 Å². The number of carboxylic acids is 1. The average molecular weight is 454 g/mol. The maximum atomic E-state index is 12.4. The summed E-state index contributed by atoms with van der Waals surface area (Å²) in [7, 11) is 0. The molecule has 0 heterocycles. The van der Waals surface area contributed by atoms with Crippen LogP contribution in [0.2, 0.25) is 0 Å². The Bertz CT molecular complexity index is 926. The number of carbonyl (C=O) groups excluding carboxylic acids is 1. The first-order valence-corrected chi connectivity index (χ1v) is 11.2. The smallest absolute Gasteiger partial charge is 0.323 e. The average Bonchev–Trinajstić information content (AvgIpc) is 2.81. The molecule has 0 aromatic heterocycles. The van der Waals surface area contributed by atoms with Crippen LogP contribution in [0.4, 0.5) is 0 Å². The molecule has 178 valence electrons. The number of nitrogens with zero attached hydrogens (tertiary/aromatic N) is 3. The number of rotatable bonds is 11. The van der Waals surface area contributed by atoms with Crippen molar-refractivity contribution in [2.24, 2.45) is 16.1 Å². The summed E-state index contributed by atoms with van der Waals surface area (Å²) < 4.78 is 0. The molecule has 8 heteroatoms. The molecule has 2 aromatic rings. The highest BCUT2D eigenvalue weighted by molar-refractivity contribution is 6.07. The minimum atomic E-state index is -1.03. The summed E-state index contributed by atoms with van der Waals surface area (Å²) >= 11 is 0. The predicted molar refractivity (Wildman–Crippen MR) is 131 cm³/mol. The Kier molecular flexibility index (Phi) is 12.9. The molecule has 0 aliphatic carbocycles. The molecule has 2 aromatic carbocycles. The lowest BCUT2D eigenvalue weighted by molar-refractivity contribution is -0.144. The van der Waals surface area contributed by atoms with Gasteiger partial charge < -0.3 is 15.7 Å². The molecule has 8 nitrogen and oxygen atoms in total. The molecule has 4 N–H and O–H groups in total. The monoisotopic (exact) mass is 453 g/mol. The van der Waals surface area contributed by atoms with Crippen LogP contribution in [-0.2, 0) is 16.1 Å². The zero-order valence-electron chi connectivity index (χ0n) is 19.8. The maximum Gasteiger partial charge on any atom is 0.323 e. The number of carboxylic acid groups (broad SMARTS) is 1. The van der Waals surface area contributed by atoms with Crippen molar-refractivity contribution < 1.29 is 14.7 Å². The van der Waals surface area contributed by atoms with E-state index in [1.165, 1.54) is 11.3 Å². The van der Waals surface area contributed by atoms with E-state index in [0.717, 1.165) is 35.1 Å². The van der Waals surface area contributed by atoms with E-state index in [2.05, 4.69) is 24.2 Å². The quantitative estimate of drug-likeness (QED) is 0.249. The SMILES string of the molecule is CCC.CCCCC(=O)N(CC(=O)O)Cc1ccc(-c2ccccc2/C(CN)=N/N=N)cc1. The van der Waals surface area contributed by atoms with Gasteiger partial charge in [0.2, 0.25) is 5.91 Å². The highest BCUT2D eigenvalue weighted by atomic mass is 16.4. The maximum absolute atomic E-state index is 12.4. The Morgan fingerprint density at radius 2 is 1.70 bits per heavy atom. The van der Waals surface area contributed by atoms with Gasteiger partial charge in [0, 0.05) is 25.1 Å². The fourth-order valence-corrected chi connectivity index (χ4v) is 3.14. The van der Waals surface area contributed by atoms with E-state index in [1.807, 2.05) is 55.5 Å². The zero-order chi connectivity index (χ0) is 24.6. The Balaban J connectivity index is 0.00000172. The van der Waals surface area contributed by atoms with E-state index in [1.54, 1.807) is 0 Å². The lowest BCUT2D eigenvalue weighted by Crippen LogP contribution is -2.35. The van der Waals surface area contributed by atoms with Crippen molar-refractivity contribution in [3.63, 3.8) is 0 Å². The molecule has 0 fully saturated rings. The van der Waals surface area contributed by atoms with Crippen molar-refractivity contribution >= 4 is 17.6 Å². The third-order valence-electron chi connectivity index (χ3n) is 4.66. The van der Waals surface area contributed by atoms with Crippen LogP contribution in [0, 0.1) is 5.53 Å². The van der Waals surface area contributed by atoms with Crippen molar-refractivity contribution in [2.45, 2.75) is 53.0 Å². The third kappa shape index (κ3) is 9.33. The standard InChI is InChI=1S/C22H27N5O3.C3H8/c1-2-3-8-21(28)27(15-22(29)30)14-16-9-11-17(12-10-16)18-6-4-5-7-19(18)20(13-23)25-26-24;1-3-2/h4-7,9-12,24H,2-3,8,13-15,23H2,1H3,(H,29,30);3H2,1-2H3/b25-20+,26-24?;. The highest BCUT2D eigenvalue weighted by Crippen LogP contribution is 2.25. The van der Waals surface area contributed by atoms with Crippen LogP contribution in [0.15, 0.2) is 58.9 Å². The fourth-order valence-electron chi connectivity index (χ4n) is 3.14. The summed E-state index contributed by atoms with van der Waals surface area (Å²) in [5.74, 6) is -1.18. The van der Waals surface area contributed by atoms with Crippen LogP contribution in [-0.4, -0.2) is 40.7 Å². The summed E-state index contributed by atoms with van der Waals surface area (Å²) in [6, 6.07) is 15.2. The zero-order valence-corrected chi connectivity index (χ0v) is 19.8. The van der Waals surface area contributed by atoms with E-state index in [9.17, 15) is 9.59 Å². The Morgan fingerprint density at radius 3 is 2.24 bits per heavy atom. The molecule has 0 radical (unpaired) electrons. The number of hydrogen-bond donors (Lipinski definition) is 3. The van der Waals surface area contributed by atoms with E-state index in [-0.39, 0.29) is 25.5 Å². The van der Waals surface area contributed by atoms with Crippen molar-refractivity contribution in [1.82, 2.24) is 4.90 Å². The van der Waals surface area contributed by atoms with Crippen LogP contribution in [0.1, 0.15) is 57.6 Å². The molecule has 0 spiro atoms. The fraction of sp³-hybridized carbons (Fsp3) is 0.400. The van der Waals surface area contributed by atoms with E-state index in [0.29, 0.717) is 12.1 Å². The predicted octanol–water partition coefficient (Wildman–Crippen LogP) is 5.07. The van der Waals surface area contributed by atoms with Crippen LogP contribution in [0.3, 0.4) is 0 Å². The number of carbonyl (C=O) groups is 2. The number of hydrogen-bond acceptors (Lipinski definition) is 5. The Labute approximate surface area is 196 Å². The Morgan fingerprint density at radius 1 is 1.06 bits per heavy atom. The van der Waals surface area contributed by atoms with Gasteiger partial charge in [-0.25, -0.2) is 0 Å². The molecule has 0 atom stereocenters. The van der Waals surface area contributed by atoms with Gasteiger partial charge in [-0.2, -0.15) is 5.53 Å². The summed E-state index contributed by atoms with van der Waals surface area (Å²) in [5, 5.41) is 16.1. The normalized spacial score (nSPS) is 10.7. The van der Waals surface area contributed by atoms with E-state index >= 15 is 0 Å².